The summed E-state index contributed by atoms with van der Waals surface area (Å²) in [4.78, 5) is 13.5. The normalized spacial score (nSPS) is 15.1. The van der Waals surface area contributed by atoms with E-state index < -0.39 is 0 Å². The number of imidazole rings is 1. The Morgan fingerprint density at radius 3 is 2.41 bits per heavy atom. The number of nitrogens with zero attached hydrogens (tertiary/aromatic N) is 3. The van der Waals surface area contributed by atoms with Gasteiger partial charge in [0.1, 0.15) is 11.6 Å². The van der Waals surface area contributed by atoms with E-state index in [4.69, 9.17) is 4.18 Å². The first-order valence-corrected chi connectivity index (χ1v) is 9.97. The van der Waals surface area contributed by atoms with Crippen LogP contribution in [-0.4, -0.2) is 41.0 Å². The van der Waals surface area contributed by atoms with Crippen molar-refractivity contribution in [2.75, 3.05) is 31.1 Å². The van der Waals surface area contributed by atoms with E-state index in [2.05, 4.69) is 63.1 Å². The van der Waals surface area contributed by atoms with E-state index >= 15 is 0 Å². The van der Waals surface area contributed by atoms with Crippen molar-refractivity contribution in [3.05, 3.63) is 72.3 Å². The van der Waals surface area contributed by atoms with Crippen LogP contribution < -0.4 is 9.08 Å². The van der Waals surface area contributed by atoms with Gasteiger partial charge in [0.2, 0.25) is 0 Å². The number of rotatable bonds is 6. The highest BCUT2D eigenvalue weighted by atomic mass is 32.2. The molecule has 0 aliphatic carbocycles. The molecule has 1 aliphatic heterocycles. The summed E-state index contributed by atoms with van der Waals surface area (Å²) in [7, 11) is 0. The van der Waals surface area contributed by atoms with Crippen molar-refractivity contribution in [2.24, 2.45) is 0 Å². The predicted molar refractivity (Wildman–Crippen MR) is 110 cm³/mol. The molecule has 140 valence electrons. The van der Waals surface area contributed by atoms with Crippen LogP contribution in [0.2, 0.25) is 0 Å². The number of anilines is 1. The maximum absolute atomic E-state index is 5.83. The number of hydrogen-bond acceptors (Lipinski definition) is 5. The molecule has 0 amide bonds. The largest absolute Gasteiger partial charge is 0.421 e. The van der Waals surface area contributed by atoms with Crippen molar-refractivity contribution >= 4 is 17.7 Å². The first-order valence-electron chi connectivity index (χ1n) is 9.23. The number of aromatic nitrogens is 2. The molecular weight excluding hydrogens is 356 g/mol. The highest BCUT2D eigenvalue weighted by Crippen LogP contribution is 2.26. The molecule has 0 radical (unpaired) electrons. The molecule has 1 fully saturated rings. The van der Waals surface area contributed by atoms with E-state index in [-0.39, 0.29) is 0 Å². The van der Waals surface area contributed by atoms with E-state index in [9.17, 15) is 0 Å². The summed E-state index contributed by atoms with van der Waals surface area (Å²) in [6.45, 7) is 7.12. The second-order valence-electron chi connectivity index (χ2n) is 6.77. The Morgan fingerprint density at radius 1 is 1.00 bits per heavy atom. The van der Waals surface area contributed by atoms with Gasteiger partial charge in [-0.05, 0) is 43.3 Å². The maximum atomic E-state index is 5.83. The van der Waals surface area contributed by atoms with Gasteiger partial charge in [0.25, 0.3) is 0 Å². The minimum Gasteiger partial charge on any atom is -0.421 e. The Morgan fingerprint density at radius 2 is 1.74 bits per heavy atom. The smallest absolute Gasteiger partial charge is 0.138 e. The molecule has 2 aromatic carbocycles. The lowest BCUT2D eigenvalue weighted by Crippen LogP contribution is -2.46. The van der Waals surface area contributed by atoms with Crippen molar-refractivity contribution < 1.29 is 4.18 Å². The molecule has 2 heterocycles. The predicted octanol–water partition coefficient (Wildman–Crippen LogP) is 4.13. The van der Waals surface area contributed by atoms with Gasteiger partial charge in [-0.15, -0.1) is 0 Å². The molecule has 6 heteroatoms. The summed E-state index contributed by atoms with van der Waals surface area (Å²) in [5.41, 5.74) is 2.51. The molecule has 1 aliphatic rings. The van der Waals surface area contributed by atoms with E-state index in [1.165, 1.54) is 23.3 Å². The van der Waals surface area contributed by atoms with Gasteiger partial charge in [0.15, 0.2) is 0 Å². The third-order valence-corrected chi connectivity index (χ3v) is 5.50. The van der Waals surface area contributed by atoms with Gasteiger partial charge >= 0.3 is 0 Å². The zero-order valence-corrected chi connectivity index (χ0v) is 16.3. The molecule has 1 N–H and O–H groups in total. The number of benzene rings is 2. The molecule has 3 aromatic rings. The van der Waals surface area contributed by atoms with Crippen LogP contribution in [0.25, 0.3) is 0 Å². The van der Waals surface area contributed by atoms with Crippen molar-refractivity contribution in [3.8, 4) is 5.75 Å². The molecule has 5 nitrogen and oxygen atoms in total. The average Bonchev–Trinajstić information content (AvgIpc) is 3.22. The SMILES string of the molecule is Cc1ccc(SOc2ccc(N3CCN(Cc4ncc[nH]4)CC3)cc2)cc1. The van der Waals surface area contributed by atoms with Crippen molar-refractivity contribution in [3.63, 3.8) is 0 Å². The van der Waals surface area contributed by atoms with Crippen LogP contribution in [-0.2, 0) is 6.54 Å². The van der Waals surface area contributed by atoms with Gasteiger partial charge in [-0.1, -0.05) is 17.7 Å². The minimum absolute atomic E-state index is 0.876. The molecule has 1 saturated heterocycles. The minimum atomic E-state index is 0.876. The summed E-state index contributed by atoms with van der Waals surface area (Å²) in [6, 6.07) is 16.7. The highest BCUT2D eigenvalue weighted by molar-refractivity contribution is 7.95. The molecule has 0 bridgehead atoms. The van der Waals surface area contributed by atoms with Gasteiger partial charge in [-0.3, -0.25) is 4.90 Å². The fraction of sp³-hybridized carbons (Fsp3) is 0.286. The first kappa shape index (κ1) is 17.9. The van der Waals surface area contributed by atoms with Gasteiger partial charge in [0.05, 0.1) is 18.6 Å². The molecule has 27 heavy (non-hydrogen) atoms. The van der Waals surface area contributed by atoms with Gasteiger partial charge in [-0.25, -0.2) is 4.98 Å². The van der Waals surface area contributed by atoms with Gasteiger partial charge in [-0.2, -0.15) is 0 Å². The third kappa shape index (κ3) is 4.84. The van der Waals surface area contributed by atoms with E-state index in [1.807, 2.05) is 24.5 Å². The highest BCUT2D eigenvalue weighted by Gasteiger charge is 2.18. The molecule has 0 atom stereocenters. The topological polar surface area (TPSA) is 44.4 Å². The fourth-order valence-electron chi connectivity index (χ4n) is 3.16. The Kier molecular flexibility index (Phi) is 5.65. The van der Waals surface area contributed by atoms with E-state index in [0.717, 1.165) is 49.2 Å². The number of aryl methyl sites for hydroxylation is 1. The summed E-state index contributed by atoms with van der Waals surface area (Å²) in [6.07, 6.45) is 3.69. The van der Waals surface area contributed by atoms with Crippen LogP contribution in [0.15, 0.2) is 65.8 Å². The van der Waals surface area contributed by atoms with Crippen LogP contribution in [0.3, 0.4) is 0 Å². The number of nitrogens with one attached hydrogen (secondary N) is 1. The lowest BCUT2D eigenvalue weighted by atomic mass is 10.2. The zero-order chi connectivity index (χ0) is 18.5. The van der Waals surface area contributed by atoms with E-state index in [0.29, 0.717) is 0 Å². The number of aromatic amines is 1. The second kappa shape index (κ2) is 8.50. The number of H-pyrrole nitrogens is 1. The Hall–Kier alpha value is -2.44. The summed E-state index contributed by atoms with van der Waals surface area (Å²) in [5, 5.41) is 0. The van der Waals surface area contributed by atoms with Crippen molar-refractivity contribution in [1.82, 2.24) is 14.9 Å². The summed E-state index contributed by atoms with van der Waals surface area (Å²) >= 11 is 1.40. The zero-order valence-electron chi connectivity index (χ0n) is 15.5. The average molecular weight is 381 g/mol. The van der Waals surface area contributed by atoms with Crippen LogP contribution in [0.4, 0.5) is 5.69 Å². The van der Waals surface area contributed by atoms with Gasteiger partial charge in [0, 0.05) is 49.2 Å². The standard InChI is InChI=1S/C21H24N4OS/c1-17-2-8-20(9-3-17)27-26-19-6-4-18(5-7-19)25-14-12-24(13-15-25)16-21-22-10-11-23-21/h2-11H,12-16H2,1H3,(H,22,23). The maximum Gasteiger partial charge on any atom is 0.138 e. The molecule has 1 aromatic heterocycles. The monoisotopic (exact) mass is 380 g/mol. The lowest BCUT2D eigenvalue weighted by Gasteiger charge is -2.35. The lowest BCUT2D eigenvalue weighted by molar-refractivity contribution is 0.244. The number of piperazine rings is 1. The Balaban J connectivity index is 1.27. The summed E-state index contributed by atoms with van der Waals surface area (Å²) in [5.74, 6) is 1.91. The third-order valence-electron chi connectivity index (χ3n) is 4.76. The summed E-state index contributed by atoms with van der Waals surface area (Å²) < 4.78 is 5.83. The number of hydrogen-bond donors (Lipinski definition) is 1. The molecule has 4 rings (SSSR count). The molecule has 0 unspecified atom stereocenters. The van der Waals surface area contributed by atoms with Crippen molar-refractivity contribution in [1.29, 1.82) is 0 Å². The quantitative estimate of drug-likeness (QED) is 0.652. The van der Waals surface area contributed by atoms with Gasteiger partial charge < -0.3 is 14.1 Å². The Labute approximate surface area is 164 Å². The van der Waals surface area contributed by atoms with Crippen LogP contribution in [0.1, 0.15) is 11.4 Å². The molecular formula is C21H24N4OS. The Bertz CT molecular complexity index is 826. The second-order valence-corrected chi connectivity index (χ2v) is 7.58. The first-order chi connectivity index (χ1) is 13.3. The fourth-order valence-corrected chi connectivity index (χ4v) is 3.71. The molecule has 0 spiro atoms. The van der Waals surface area contributed by atoms with Crippen LogP contribution in [0, 0.1) is 6.92 Å². The van der Waals surface area contributed by atoms with Crippen LogP contribution in [0.5, 0.6) is 5.75 Å². The molecule has 0 saturated carbocycles. The van der Waals surface area contributed by atoms with Crippen molar-refractivity contribution in [2.45, 2.75) is 18.4 Å². The van der Waals surface area contributed by atoms with Crippen LogP contribution >= 0.6 is 12.0 Å². The van der Waals surface area contributed by atoms with E-state index in [1.54, 1.807) is 0 Å².